The van der Waals surface area contributed by atoms with Crippen LogP contribution in [0, 0.1) is 0 Å². The first-order valence-corrected chi connectivity index (χ1v) is 17.8. The SMILES string of the molecule is c1ccc(-c2nnc(-c3ccc(-c4c(-c5ccccc5)c(-c5ccccc5)c(-c5ccccc5)c(-c5ccccc5)c4-c4ccccc4)cc3)o2)cc1. The monoisotopic (exact) mass is 678 g/mol. The van der Waals surface area contributed by atoms with Crippen LogP contribution in [0.2, 0.25) is 0 Å². The highest BCUT2D eigenvalue weighted by Gasteiger charge is 2.29. The Morgan fingerprint density at radius 3 is 0.660 bits per heavy atom. The summed E-state index contributed by atoms with van der Waals surface area (Å²) in [6.07, 6.45) is 0. The highest BCUT2D eigenvalue weighted by Crippen LogP contribution is 2.55. The van der Waals surface area contributed by atoms with Gasteiger partial charge in [-0.25, -0.2) is 0 Å². The van der Waals surface area contributed by atoms with Gasteiger partial charge >= 0.3 is 0 Å². The molecular formula is C50H34N2O. The predicted molar refractivity (Wildman–Crippen MR) is 218 cm³/mol. The van der Waals surface area contributed by atoms with Crippen molar-refractivity contribution >= 4 is 0 Å². The van der Waals surface area contributed by atoms with Gasteiger partial charge in [-0.05, 0) is 91.0 Å². The first-order valence-electron chi connectivity index (χ1n) is 17.8. The lowest BCUT2D eigenvalue weighted by atomic mass is 9.74. The van der Waals surface area contributed by atoms with Crippen molar-refractivity contribution in [1.29, 1.82) is 0 Å². The summed E-state index contributed by atoms with van der Waals surface area (Å²) in [5.41, 5.74) is 15.7. The molecule has 1 heterocycles. The molecule has 9 rings (SSSR count). The molecular weight excluding hydrogens is 645 g/mol. The smallest absolute Gasteiger partial charge is 0.248 e. The molecule has 9 aromatic rings. The Morgan fingerprint density at radius 1 is 0.208 bits per heavy atom. The summed E-state index contributed by atoms with van der Waals surface area (Å²) < 4.78 is 6.18. The fourth-order valence-electron chi connectivity index (χ4n) is 7.32. The van der Waals surface area contributed by atoms with E-state index < -0.39 is 0 Å². The van der Waals surface area contributed by atoms with Crippen LogP contribution in [-0.2, 0) is 0 Å². The first kappa shape index (κ1) is 31.9. The number of nitrogens with zero attached hydrogens (tertiary/aromatic N) is 2. The number of rotatable bonds is 8. The predicted octanol–water partition coefficient (Wildman–Crippen LogP) is 13.4. The molecule has 0 saturated heterocycles. The van der Waals surface area contributed by atoms with Gasteiger partial charge in [-0.15, -0.1) is 10.2 Å². The maximum atomic E-state index is 6.18. The maximum absolute atomic E-state index is 6.18. The standard InChI is InChI=1S/C50H34N2O/c1-7-19-35(20-8-1)43-44(36-21-9-2-10-22-36)46(38-25-13-4-14-26-38)48(47(39-27-15-5-16-28-39)45(43)37-23-11-3-12-24-37)40-31-33-42(34-32-40)50-52-51-49(53-50)41-29-17-6-18-30-41/h1-34H. The van der Waals surface area contributed by atoms with Crippen LogP contribution < -0.4 is 0 Å². The fraction of sp³-hybridized carbons (Fsp3) is 0. The Morgan fingerprint density at radius 2 is 0.396 bits per heavy atom. The Balaban J connectivity index is 1.41. The molecule has 0 fully saturated rings. The average molecular weight is 679 g/mol. The van der Waals surface area contributed by atoms with E-state index in [0.717, 1.165) is 50.1 Å². The third-order valence-electron chi connectivity index (χ3n) is 9.68. The van der Waals surface area contributed by atoms with E-state index in [-0.39, 0.29) is 0 Å². The van der Waals surface area contributed by atoms with Crippen molar-refractivity contribution in [2.45, 2.75) is 0 Å². The molecule has 0 atom stereocenters. The van der Waals surface area contributed by atoms with E-state index in [2.05, 4.69) is 186 Å². The zero-order valence-electron chi connectivity index (χ0n) is 28.9. The van der Waals surface area contributed by atoms with Crippen molar-refractivity contribution in [2.75, 3.05) is 0 Å². The van der Waals surface area contributed by atoms with E-state index in [1.807, 2.05) is 30.3 Å². The quantitative estimate of drug-likeness (QED) is 0.161. The van der Waals surface area contributed by atoms with Gasteiger partial charge in [-0.2, -0.15) is 0 Å². The largest absolute Gasteiger partial charge is 0.416 e. The van der Waals surface area contributed by atoms with Crippen molar-refractivity contribution in [3.05, 3.63) is 206 Å². The molecule has 0 bridgehead atoms. The molecule has 8 aromatic carbocycles. The highest BCUT2D eigenvalue weighted by atomic mass is 16.4. The van der Waals surface area contributed by atoms with Gasteiger partial charge in [0.2, 0.25) is 11.8 Å². The molecule has 0 saturated carbocycles. The molecule has 250 valence electrons. The van der Waals surface area contributed by atoms with Gasteiger partial charge in [0.25, 0.3) is 0 Å². The Bertz CT molecular complexity index is 2500. The lowest BCUT2D eigenvalue weighted by molar-refractivity contribution is 0.584. The molecule has 0 aliphatic heterocycles. The topological polar surface area (TPSA) is 38.9 Å². The van der Waals surface area contributed by atoms with E-state index >= 15 is 0 Å². The Labute approximate surface area is 309 Å². The number of hydrogen-bond donors (Lipinski definition) is 0. The molecule has 53 heavy (non-hydrogen) atoms. The number of hydrogen-bond acceptors (Lipinski definition) is 3. The van der Waals surface area contributed by atoms with Gasteiger partial charge in [0.1, 0.15) is 0 Å². The third-order valence-corrected chi connectivity index (χ3v) is 9.68. The summed E-state index contributed by atoms with van der Waals surface area (Å²) in [6.45, 7) is 0. The summed E-state index contributed by atoms with van der Waals surface area (Å²) in [5.74, 6) is 0.982. The van der Waals surface area contributed by atoms with E-state index in [1.54, 1.807) is 0 Å². The van der Waals surface area contributed by atoms with Crippen molar-refractivity contribution in [1.82, 2.24) is 10.2 Å². The molecule has 1 aromatic heterocycles. The minimum absolute atomic E-state index is 0.483. The van der Waals surface area contributed by atoms with Crippen LogP contribution in [0.25, 0.3) is 89.7 Å². The highest BCUT2D eigenvalue weighted by molar-refractivity contribution is 6.15. The van der Waals surface area contributed by atoms with Crippen LogP contribution in [0.15, 0.2) is 211 Å². The zero-order chi connectivity index (χ0) is 35.4. The van der Waals surface area contributed by atoms with Crippen molar-refractivity contribution in [3.63, 3.8) is 0 Å². The maximum Gasteiger partial charge on any atom is 0.248 e. The molecule has 3 nitrogen and oxygen atoms in total. The minimum atomic E-state index is 0.483. The second kappa shape index (κ2) is 14.3. The lowest BCUT2D eigenvalue weighted by Crippen LogP contribution is -2.02. The first-order chi connectivity index (χ1) is 26.3. The molecule has 0 aliphatic rings. The van der Waals surface area contributed by atoms with Gasteiger partial charge in [-0.1, -0.05) is 182 Å². The summed E-state index contributed by atoms with van der Waals surface area (Å²) in [6, 6.07) is 72.6. The average Bonchev–Trinajstić information content (AvgIpc) is 3.75. The van der Waals surface area contributed by atoms with Crippen molar-refractivity contribution in [2.24, 2.45) is 0 Å². The summed E-state index contributed by atoms with van der Waals surface area (Å²) in [4.78, 5) is 0. The Kier molecular flexibility index (Phi) is 8.57. The second-order valence-corrected chi connectivity index (χ2v) is 12.9. The van der Waals surface area contributed by atoms with Gasteiger partial charge in [0.05, 0.1) is 0 Å². The molecule has 3 heteroatoms. The van der Waals surface area contributed by atoms with Crippen LogP contribution in [0.3, 0.4) is 0 Å². The van der Waals surface area contributed by atoms with Gasteiger partial charge in [0.15, 0.2) is 0 Å². The van der Waals surface area contributed by atoms with Crippen LogP contribution in [-0.4, -0.2) is 10.2 Å². The lowest BCUT2D eigenvalue weighted by Gasteiger charge is -2.28. The van der Waals surface area contributed by atoms with E-state index in [4.69, 9.17) is 4.42 Å². The second-order valence-electron chi connectivity index (χ2n) is 12.9. The fourth-order valence-corrected chi connectivity index (χ4v) is 7.32. The minimum Gasteiger partial charge on any atom is -0.416 e. The summed E-state index contributed by atoms with van der Waals surface area (Å²) in [5, 5.41) is 8.79. The van der Waals surface area contributed by atoms with Gasteiger partial charge in [0, 0.05) is 11.1 Å². The van der Waals surface area contributed by atoms with Crippen molar-refractivity contribution < 1.29 is 4.42 Å². The number of benzene rings is 8. The molecule has 0 aliphatic carbocycles. The molecule has 0 radical (unpaired) electrons. The van der Waals surface area contributed by atoms with Gasteiger partial charge in [-0.3, -0.25) is 0 Å². The van der Waals surface area contributed by atoms with Crippen LogP contribution in [0.1, 0.15) is 0 Å². The van der Waals surface area contributed by atoms with E-state index in [0.29, 0.717) is 11.8 Å². The number of aromatic nitrogens is 2. The molecule has 0 N–H and O–H groups in total. The van der Waals surface area contributed by atoms with Crippen LogP contribution in [0.4, 0.5) is 0 Å². The summed E-state index contributed by atoms with van der Waals surface area (Å²) >= 11 is 0. The molecule has 0 amide bonds. The zero-order valence-corrected chi connectivity index (χ0v) is 28.9. The van der Waals surface area contributed by atoms with Gasteiger partial charge < -0.3 is 4.42 Å². The van der Waals surface area contributed by atoms with Crippen LogP contribution in [0.5, 0.6) is 0 Å². The molecule has 0 spiro atoms. The normalized spacial score (nSPS) is 11.0. The Hall–Kier alpha value is -7.10. The molecule has 0 unspecified atom stereocenters. The van der Waals surface area contributed by atoms with Crippen molar-refractivity contribution in [3.8, 4) is 89.7 Å². The van der Waals surface area contributed by atoms with E-state index in [9.17, 15) is 0 Å². The summed E-state index contributed by atoms with van der Waals surface area (Å²) in [7, 11) is 0. The van der Waals surface area contributed by atoms with E-state index in [1.165, 1.54) is 27.8 Å². The van der Waals surface area contributed by atoms with Crippen LogP contribution >= 0.6 is 0 Å². The third kappa shape index (κ3) is 6.15.